The lowest BCUT2D eigenvalue weighted by Crippen LogP contribution is -2.55. The number of para-hydroxylation sites is 1. The summed E-state index contributed by atoms with van der Waals surface area (Å²) in [6.45, 7) is 3.64. The number of anilines is 1. The zero-order valence-electron chi connectivity index (χ0n) is 17.1. The van der Waals surface area contributed by atoms with E-state index in [1.807, 2.05) is 66.4 Å². The van der Waals surface area contributed by atoms with Gasteiger partial charge < -0.3 is 5.32 Å². The summed E-state index contributed by atoms with van der Waals surface area (Å²) in [5, 5.41) is 3.05. The summed E-state index contributed by atoms with van der Waals surface area (Å²) in [7, 11) is -0.355. The molecule has 0 bridgehead atoms. The van der Waals surface area contributed by atoms with E-state index in [1.165, 1.54) is 22.7 Å². The first-order chi connectivity index (χ1) is 13.8. The Morgan fingerprint density at radius 3 is 2.17 bits per heavy atom. The van der Waals surface area contributed by atoms with E-state index < -0.39 is 10.2 Å². The van der Waals surface area contributed by atoms with E-state index in [2.05, 4.69) is 5.32 Å². The Bertz CT molecular complexity index is 939. The Kier molecular flexibility index (Phi) is 6.69. The maximum absolute atomic E-state index is 12.9. The van der Waals surface area contributed by atoms with Gasteiger partial charge in [0.25, 0.3) is 10.2 Å². The van der Waals surface area contributed by atoms with Crippen LogP contribution in [0.1, 0.15) is 6.92 Å². The number of piperazine rings is 1. The third kappa shape index (κ3) is 4.84. The quantitative estimate of drug-likeness (QED) is 0.783. The van der Waals surface area contributed by atoms with Crippen molar-refractivity contribution in [2.45, 2.75) is 13.0 Å². The van der Waals surface area contributed by atoms with Gasteiger partial charge >= 0.3 is 0 Å². The van der Waals surface area contributed by atoms with Crippen LogP contribution in [0.4, 0.5) is 5.69 Å². The Balaban J connectivity index is 1.66. The van der Waals surface area contributed by atoms with Crippen LogP contribution in [0.5, 0.6) is 0 Å². The van der Waals surface area contributed by atoms with E-state index in [9.17, 15) is 13.2 Å². The summed E-state index contributed by atoms with van der Waals surface area (Å²) in [5.41, 5.74) is 2.78. The summed E-state index contributed by atoms with van der Waals surface area (Å²) in [6, 6.07) is 17.3. The maximum atomic E-state index is 12.9. The minimum absolute atomic E-state index is 0.0997. The smallest absolute Gasteiger partial charge is 0.281 e. The summed E-state index contributed by atoms with van der Waals surface area (Å²) in [6.07, 6.45) is 0. The highest BCUT2D eigenvalue weighted by Gasteiger charge is 2.32. The van der Waals surface area contributed by atoms with Gasteiger partial charge in [-0.15, -0.1) is 0 Å². The van der Waals surface area contributed by atoms with Crippen molar-refractivity contribution in [2.75, 3.05) is 45.6 Å². The van der Waals surface area contributed by atoms with Crippen molar-refractivity contribution in [3.63, 3.8) is 0 Å². The Labute approximate surface area is 173 Å². The zero-order chi connectivity index (χ0) is 21.0. The topological polar surface area (TPSA) is 73.0 Å². The van der Waals surface area contributed by atoms with Crippen LogP contribution in [-0.2, 0) is 15.0 Å². The molecule has 29 heavy (non-hydrogen) atoms. The number of carbonyl (C=O) groups excluding carboxylic acids is 1. The first-order valence-electron chi connectivity index (χ1n) is 9.67. The van der Waals surface area contributed by atoms with Gasteiger partial charge in [0.2, 0.25) is 5.91 Å². The number of amides is 1. The largest absolute Gasteiger partial charge is 0.324 e. The van der Waals surface area contributed by atoms with Crippen molar-refractivity contribution in [1.82, 2.24) is 13.5 Å². The second kappa shape index (κ2) is 9.04. The molecule has 1 amide bonds. The number of carbonyl (C=O) groups is 1. The Morgan fingerprint density at radius 1 is 0.966 bits per heavy atom. The molecule has 1 unspecified atom stereocenters. The van der Waals surface area contributed by atoms with Crippen LogP contribution in [0, 0.1) is 0 Å². The molecular weight excluding hydrogens is 388 g/mol. The summed E-state index contributed by atoms with van der Waals surface area (Å²) >= 11 is 0. The molecule has 0 aromatic heterocycles. The number of rotatable bonds is 6. The fraction of sp³-hybridized carbons (Fsp3) is 0.381. The lowest BCUT2D eigenvalue weighted by atomic mass is 10.0. The average Bonchev–Trinajstić information content (AvgIpc) is 2.74. The lowest BCUT2D eigenvalue weighted by Gasteiger charge is -2.37. The normalized spacial score (nSPS) is 17.2. The number of hydrogen-bond acceptors (Lipinski definition) is 4. The summed E-state index contributed by atoms with van der Waals surface area (Å²) < 4.78 is 27.2. The van der Waals surface area contributed by atoms with Crippen LogP contribution in [0.2, 0.25) is 0 Å². The third-order valence-electron chi connectivity index (χ3n) is 5.26. The van der Waals surface area contributed by atoms with Crippen molar-refractivity contribution in [3.05, 3.63) is 54.6 Å². The van der Waals surface area contributed by atoms with Gasteiger partial charge in [-0.25, -0.2) is 0 Å². The molecule has 1 fully saturated rings. The molecule has 156 valence electrons. The van der Waals surface area contributed by atoms with Gasteiger partial charge in [0.15, 0.2) is 0 Å². The van der Waals surface area contributed by atoms with Crippen molar-refractivity contribution in [2.24, 2.45) is 0 Å². The number of nitrogens with zero attached hydrogens (tertiary/aromatic N) is 3. The third-order valence-corrected chi connectivity index (χ3v) is 7.20. The molecule has 0 spiro atoms. The number of benzene rings is 2. The van der Waals surface area contributed by atoms with Gasteiger partial charge in [-0.05, 0) is 18.6 Å². The first-order valence-corrected chi connectivity index (χ1v) is 11.1. The van der Waals surface area contributed by atoms with Gasteiger partial charge in [0.05, 0.1) is 6.04 Å². The fourth-order valence-electron chi connectivity index (χ4n) is 3.42. The van der Waals surface area contributed by atoms with E-state index in [1.54, 1.807) is 0 Å². The summed E-state index contributed by atoms with van der Waals surface area (Å²) in [5.74, 6) is -0.0997. The van der Waals surface area contributed by atoms with Gasteiger partial charge in [-0.2, -0.15) is 17.0 Å². The van der Waals surface area contributed by atoms with E-state index in [0.29, 0.717) is 26.2 Å². The highest BCUT2D eigenvalue weighted by molar-refractivity contribution is 7.86. The first kappa shape index (κ1) is 21.4. The minimum atomic E-state index is -3.41. The molecule has 1 heterocycles. The highest BCUT2D eigenvalue weighted by Crippen LogP contribution is 2.27. The molecule has 1 aliphatic rings. The van der Waals surface area contributed by atoms with Crippen LogP contribution >= 0.6 is 0 Å². The predicted octanol–water partition coefficient (Wildman–Crippen LogP) is 2.10. The standard InChI is InChI=1S/C21H28N4O3S/c1-17(24-13-15-25(16-14-24)29(27,28)23(2)3)21(26)22-20-12-8-7-11-19(20)18-9-5-4-6-10-18/h4-12,17H,13-16H2,1-3H3,(H,22,26). The van der Waals surface area contributed by atoms with Gasteiger partial charge in [0.1, 0.15) is 0 Å². The van der Waals surface area contributed by atoms with Crippen LogP contribution in [-0.4, -0.2) is 74.2 Å². The molecule has 1 aliphatic heterocycles. The van der Waals surface area contributed by atoms with Crippen LogP contribution in [0.15, 0.2) is 54.6 Å². The van der Waals surface area contributed by atoms with Crippen molar-refractivity contribution in [1.29, 1.82) is 0 Å². The number of nitrogens with one attached hydrogen (secondary N) is 1. The van der Waals surface area contributed by atoms with Crippen molar-refractivity contribution in [3.8, 4) is 11.1 Å². The molecule has 2 aromatic carbocycles. The van der Waals surface area contributed by atoms with Crippen LogP contribution in [0.3, 0.4) is 0 Å². The SMILES string of the molecule is CC(C(=O)Nc1ccccc1-c1ccccc1)N1CCN(S(=O)(=O)N(C)C)CC1. The molecular formula is C21H28N4O3S. The van der Waals surface area contributed by atoms with Crippen LogP contribution in [0.25, 0.3) is 11.1 Å². The van der Waals surface area contributed by atoms with E-state index >= 15 is 0 Å². The monoisotopic (exact) mass is 416 g/mol. The molecule has 1 saturated heterocycles. The van der Waals surface area contributed by atoms with Gasteiger partial charge in [0, 0.05) is 51.5 Å². The molecule has 7 nitrogen and oxygen atoms in total. The van der Waals surface area contributed by atoms with Crippen LogP contribution < -0.4 is 5.32 Å². The Hall–Kier alpha value is -2.26. The van der Waals surface area contributed by atoms with Crippen molar-refractivity contribution >= 4 is 21.8 Å². The second-order valence-electron chi connectivity index (χ2n) is 7.30. The minimum Gasteiger partial charge on any atom is -0.324 e. The van der Waals surface area contributed by atoms with E-state index in [-0.39, 0.29) is 11.9 Å². The lowest BCUT2D eigenvalue weighted by molar-refractivity contribution is -0.121. The highest BCUT2D eigenvalue weighted by atomic mass is 32.2. The molecule has 1 atom stereocenters. The van der Waals surface area contributed by atoms with E-state index in [4.69, 9.17) is 0 Å². The van der Waals surface area contributed by atoms with Gasteiger partial charge in [-0.1, -0.05) is 48.5 Å². The average molecular weight is 417 g/mol. The predicted molar refractivity (Wildman–Crippen MR) is 116 cm³/mol. The molecule has 1 N–H and O–H groups in total. The van der Waals surface area contributed by atoms with Gasteiger partial charge in [-0.3, -0.25) is 9.69 Å². The molecule has 0 aliphatic carbocycles. The number of hydrogen-bond donors (Lipinski definition) is 1. The molecule has 8 heteroatoms. The fourth-order valence-corrected chi connectivity index (χ4v) is 4.50. The zero-order valence-corrected chi connectivity index (χ0v) is 17.9. The summed E-state index contributed by atoms with van der Waals surface area (Å²) in [4.78, 5) is 14.9. The molecule has 3 rings (SSSR count). The molecule has 2 aromatic rings. The van der Waals surface area contributed by atoms with E-state index in [0.717, 1.165) is 16.8 Å². The van der Waals surface area contributed by atoms with Crippen molar-refractivity contribution < 1.29 is 13.2 Å². The second-order valence-corrected chi connectivity index (χ2v) is 9.44. The maximum Gasteiger partial charge on any atom is 0.281 e. The Morgan fingerprint density at radius 2 is 1.55 bits per heavy atom. The molecule has 0 radical (unpaired) electrons. The molecule has 0 saturated carbocycles.